The van der Waals surface area contributed by atoms with Crippen LogP contribution in [0.3, 0.4) is 0 Å². The molecular formula is C13H16ClNO2. The van der Waals surface area contributed by atoms with Crippen LogP contribution in [0.1, 0.15) is 30.9 Å². The molecule has 4 heteroatoms. The van der Waals surface area contributed by atoms with E-state index < -0.39 is 0 Å². The molecule has 1 aromatic rings. The summed E-state index contributed by atoms with van der Waals surface area (Å²) >= 11 is 5.98. The Morgan fingerprint density at radius 3 is 2.88 bits per heavy atom. The summed E-state index contributed by atoms with van der Waals surface area (Å²) in [4.78, 5) is 0. The van der Waals surface area contributed by atoms with Crippen molar-refractivity contribution in [2.75, 3.05) is 7.11 Å². The standard InChI is InChI=1S/C13H16ClNO2/c1-16-9-5-13(6-9)7-11(15)10-4-8(14)2-3-12(10)17-13/h2-4,9,11H,5-7,15H2,1H3/t9?,11-,13?/m1/s1. The molecule has 0 saturated heterocycles. The van der Waals surface area contributed by atoms with E-state index in [-0.39, 0.29) is 11.6 Å². The van der Waals surface area contributed by atoms with Gasteiger partial charge in [0.05, 0.1) is 6.10 Å². The minimum atomic E-state index is -0.110. The summed E-state index contributed by atoms with van der Waals surface area (Å²) in [6.07, 6.45) is 3.02. The van der Waals surface area contributed by atoms with Gasteiger partial charge in [0.25, 0.3) is 0 Å². The largest absolute Gasteiger partial charge is 0.487 e. The summed E-state index contributed by atoms with van der Waals surface area (Å²) in [7, 11) is 1.74. The summed E-state index contributed by atoms with van der Waals surface area (Å²) in [5.41, 5.74) is 7.12. The zero-order chi connectivity index (χ0) is 12.0. The first-order valence-electron chi connectivity index (χ1n) is 5.89. The highest BCUT2D eigenvalue weighted by Gasteiger charge is 2.50. The van der Waals surface area contributed by atoms with Crippen molar-refractivity contribution in [2.24, 2.45) is 5.73 Å². The fourth-order valence-electron chi connectivity index (χ4n) is 2.87. The first-order chi connectivity index (χ1) is 8.12. The smallest absolute Gasteiger partial charge is 0.125 e. The minimum absolute atomic E-state index is 0.00950. The van der Waals surface area contributed by atoms with Crippen molar-refractivity contribution in [3.63, 3.8) is 0 Å². The fourth-order valence-corrected chi connectivity index (χ4v) is 3.05. The Morgan fingerprint density at radius 1 is 1.41 bits per heavy atom. The summed E-state index contributed by atoms with van der Waals surface area (Å²) in [6, 6.07) is 5.67. The van der Waals surface area contributed by atoms with Crippen molar-refractivity contribution in [3.8, 4) is 5.75 Å². The van der Waals surface area contributed by atoms with Crippen LogP contribution in [0.5, 0.6) is 5.75 Å². The highest BCUT2D eigenvalue weighted by molar-refractivity contribution is 6.30. The van der Waals surface area contributed by atoms with E-state index in [0.29, 0.717) is 11.1 Å². The first kappa shape index (κ1) is 11.3. The number of benzene rings is 1. The molecule has 92 valence electrons. The molecule has 17 heavy (non-hydrogen) atoms. The van der Waals surface area contributed by atoms with E-state index >= 15 is 0 Å². The van der Waals surface area contributed by atoms with Crippen LogP contribution in [0.25, 0.3) is 0 Å². The molecule has 2 N–H and O–H groups in total. The molecule has 0 unspecified atom stereocenters. The molecule has 1 spiro atoms. The van der Waals surface area contributed by atoms with Gasteiger partial charge in [0, 0.05) is 43.0 Å². The number of fused-ring (bicyclic) bond motifs is 1. The van der Waals surface area contributed by atoms with Crippen LogP contribution in [-0.2, 0) is 4.74 Å². The third-order valence-corrected chi connectivity index (χ3v) is 4.06. The Bertz CT molecular complexity index is 443. The SMILES string of the molecule is COC1CC2(C1)C[C@@H](N)c1cc(Cl)ccc1O2. The van der Waals surface area contributed by atoms with Gasteiger partial charge in [-0.1, -0.05) is 11.6 Å². The van der Waals surface area contributed by atoms with Gasteiger partial charge in [0.2, 0.25) is 0 Å². The molecule has 1 saturated carbocycles. The van der Waals surface area contributed by atoms with Crippen LogP contribution in [-0.4, -0.2) is 18.8 Å². The van der Waals surface area contributed by atoms with E-state index in [4.69, 9.17) is 26.8 Å². The highest BCUT2D eigenvalue weighted by atomic mass is 35.5. The van der Waals surface area contributed by atoms with Crippen molar-refractivity contribution >= 4 is 11.6 Å². The maximum absolute atomic E-state index is 6.21. The number of halogens is 1. The Morgan fingerprint density at radius 2 is 2.18 bits per heavy atom. The Labute approximate surface area is 106 Å². The molecule has 3 nitrogen and oxygen atoms in total. The van der Waals surface area contributed by atoms with E-state index in [0.717, 1.165) is 30.6 Å². The van der Waals surface area contributed by atoms with Gasteiger partial charge in [-0.2, -0.15) is 0 Å². The second-order valence-corrected chi connectivity index (χ2v) is 5.48. The van der Waals surface area contributed by atoms with Gasteiger partial charge in [0.1, 0.15) is 11.4 Å². The third kappa shape index (κ3) is 1.82. The normalized spacial score (nSPS) is 35.0. The lowest BCUT2D eigenvalue weighted by atomic mass is 9.71. The quantitative estimate of drug-likeness (QED) is 0.837. The predicted octanol–water partition coefficient (Wildman–Crippen LogP) is 2.67. The number of rotatable bonds is 1. The van der Waals surface area contributed by atoms with Crippen molar-refractivity contribution in [3.05, 3.63) is 28.8 Å². The van der Waals surface area contributed by atoms with E-state index in [9.17, 15) is 0 Å². The van der Waals surface area contributed by atoms with Crippen molar-refractivity contribution < 1.29 is 9.47 Å². The second kappa shape index (κ2) is 3.87. The number of hydrogen-bond acceptors (Lipinski definition) is 3. The molecular weight excluding hydrogens is 238 g/mol. The van der Waals surface area contributed by atoms with Crippen LogP contribution in [0, 0.1) is 0 Å². The van der Waals surface area contributed by atoms with Gasteiger partial charge >= 0.3 is 0 Å². The lowest BCUT2D eigenvalue weighted by Gasteiger charge is -2.50. The van der Waals surface area contributed by atoms with Gasteiger partial charge in [-0.25, -0.2) is 0 Å². The van der Waals surface area contributed by atoms with Crippen LogP contribution in [0.4, 0.5) is 0 Å². The fraction of sp³-hybridized carbons (Fsp3) is 0.538. The van der Waals surface area contributed by atoms with Gasteiger partial charge in [-0.15, -0.1) is 0 Å². The Kier molecular flexibility index (Phi) is 2.58. The molecule has 3 rings (SSSR count). The third-order valence-electron chi connectivity index (χ3n) is 3.82. The van der Waals surface area contributed by atoms with Gasteiger partial charge in [0.15, 0.2) is 0 Å². The molecule has 0 amide bonds. The molecule has 1 aliphatic heterocycles. The molecule has 0 radical (unpaired) electrons. The number of nitrogens with two attached hydrogens (primary N) is 1. The second-order valence-electron chi connectivity index (χ2n) is 5.04. The Hall–Kier alpha value is -0.770. The van der Waals surface area contributed by atoms with E-state index in [2.05, 4.69) is 0 Å². The average Bonchev–Trinajstić information content (AvgIpc) is 2.26. The van der Waals surface area contributed by atoms with Crippen LogP contribution in [0.2, 0.25) is 5.02 Å². The summed E-state index contributed by atoms with van der Waals surface area (Å²) in [5.74, 6) is 0.878. The molecule has 0 bridgehead atoms. The lowest BCUT2D eigenvalue weighted by molar-refractivity contribution is -0.124. The summed E-state index contributed by atoms with van der Waals surface area (Å²) in [5, 5.41) is 0.710. The maximum atomic E-state index is 6.21. The zero-order valence-electron chi connectivity index (χ0n) is 9.78. The molecule has 1 heterocycles. The highest BCUT2D eigenvalue weighted by Crippen LogP contribution is 2.49. The monoisotopic (exact) mass is 253 g/mol. The average molecular weight is 254 g/mol. The van der Waals surface area contributed by atoms with Crippen molar-refractivity contribution in [1.29, 1.82) is 0 Å². The molecule has 2 aliphatic rings. The maximum Gasteiger partial charge on any atom is 0.125 e. The van der Waals surface area contributed by atoms with Crippen LogP contribution < -0.4 is 10.5 Å². The molecule has 1 atom stereocenters. The van der Waals surface area contributed by atoms with Crippen molar-refractivity contribution in [1.82, 2.24) is 0 Å². The van der Waals surface area contributed by atoms with Crippen LogP contribution in [0.15, 0.2) is 18.2 Å². The molecule has 1 aromatic carbocycles. The van der Waals surface area contributed by atoms with E-state index in [1.54, 1.807) is 7.11 Å². The topological polar surface area (TPSA) is 44.5 Å². The summed E-state index contributed by atoms with van der Waals surface area (Å²) in [6.45, 7) is 0. The number of ether oxygens (including phenoxy) is 2. The molecule has 0 aromatic heterocycles. The summed E-state index contributed by atoms with van der Waals surface area (Å²) < 4.78 is 11.4. The van der Waals surface area contributed by atoms with Gasteiger partial charge in [-0.3, -0.25) is 0 Å². The first-order valence-corrected chi connectivity index (χ1v) is 6.26. The minimum Gasteiger partial charge on any atom is -0.487 e. The Balaban J connectivity index is 1.87. The number of hydrogen-bond donors (Lipinski definition) is 1. The van der Waals surface area contributed by atoms with Gasteiger partial charge in [-0.05, 0) is 18.2 Å². The molecule has 1 fully saturated rings. The van der Waals surface area contributed by atoms with Gasteiger partial charge < -0.3 is 15.2 Å². The van der Waals surface area contributed by atoms with E-state index in [1.165, 1.54) is 0 Å². The van der Waals surface area contributed by atoms with E-state index in [1.807, 2.05) is 18.2 Å². The van der Waals surface area contributed by atoms with Crippen molar-refractivity contribution in [2.45, 2.75) is 37.0 Å². The molecule has 1 aliphatic carbocycles. The lowest BCUT2D eigenvalue weighted by Crippen LogP contribution is -2.55. The number of methoxy groups -OCH3 is 1. The van der Waals surface area contributed by atoms with Crippen LogP contribution >= 0.6 is 11.6 Å². The predicted molar refractivity (Wildman–Crippen MR) is 66.4 cm³/mol. The zero-order valence-corrected chi connectivity index (χ0v) is 10.5.